The molecule has 3 saturated heterocycles. The van der Waals surface area contributed by atoms with Crippen molar-refractivity contribution < 1.29 is 40.7 Å². The van der Waals surface area contributed by atoms with Gasteiger partial charge in [-0.1, -0.05) is 36.8 Å². The molecule has 2 aromatic carbocycles. The zero-order valence-corrected chi connectivity index (χ0v) is 25.8. The van der Waals surface area contributed by atoms with E-state index in [0.717, 1.165) is 57.3 Å². The second kappa shape index (κ2) is 14.8. The molecule has 5 rings (SSSR count). The molecule has 3 fully saturated rings. The van der Waals surface area contributed by atoms with E-state index in [4.69, 9.17) is 4.74 Å². The quantitative estimate of drug-likeness (QED) is 0.338. The van der Waals surface area contributed by atoms with Gasteiger partial charge in [0, 0.05) is 50.4 Å². The van der Waals surface area contributed by atoms with E-state index in [9.17, 15) is 35.9 Å². The van der Waals surface area contributed by atoms with Crippen LogP contribution in [0.2, 0.25) is 0 Å². The van der Waals surface area contributed by atoms with Crippen molar-refractivity contribution in [3.05, 3.63) is 70.8 Å². The molecule has 3 atom stereocenters. The third-order valence-electron chi connectivity index (χ3n) is 9.45. The lowest BCUT2D eigenvalue weighted by Crippen LogP contribution is -2.53. The van der Waals surface area contributed by atoms with Crippen LogP contribution in [0.1, 0.15) is 72.0 Å². The number of amides is 2. The van der Waals surface area contributed by atoms with Gasteiger partial charge in [-0.2, -0.15) is 26.3 Å². The Kier molecular flexibility index (Phi) is 11.0. The summed E-state index contributed by atoms with van der Waals surface area (Å²) in [5.74, 6) is -0.756. The van der Waals surface area contributed by atoms with Crippen LogP contribution < -0.4 is 0 Å². The molecule has 252 valence electrons. The molecule has 3 heterocycles. The van der Waals surface area contributed by atoms with Crippen LogP contribution in [0, 0.1) is 5.92 Å². The normalized spacial score (nSPS) is 24.2. The molecule has 3 aliphatic rings. The monoisotopic (exact) mass is 653 g/mol. The highest BCUT2D eigenvalue weighted by molar-refractivity contribution is 5.95. The second-order valence-corrected chi connectivity index (χ2v) is 12.7. The van der Waals surface area contributed by atoms with E-state index in [1.807, 2.05) is 35.2 Å². The van der Waals surface area contributed by atoms with Crippen LogP contribution in [0.25, 0.3) is 0 Å². The summed E-state index contributed by atoms with van der Waals surface area (Å²) < 4.78 is 87.0. The number of benzene rings is 2. The van der Waals surface area contributed by atoms with E-state index in [1.165, 1.54) is 4.90 Å². The van der Waals surface area contributed by atoms with Gasteiger partial charge in [-0.15, -0.1) is 0 Å². The van der Waals surface area contributed by atoms with Crippen LogP contribution >= 0.6 is 0 Å². The minimum Gasteiger partial charge on any atom is -0.381 e. The Bertz CT molecular complexity index is 1300. The third-order valence-corrected chi connectivity index (χ3v) is 9.45. The largest absolute Gasteiger partial charge is 0.416 e. The molecule has 46 heavy (non-hydrogen) atoms. The molecule has 0 aliphatic carbocycles. The van der Waals surface area contributed by atoms with E-state index in [2.05, 4.69) is 4.90 Å². The number of ether oxygens (including phenoxy) is 1. The number of likely N-dealkylation sites (tertiary alicyclic amines) is 1. The third kappa shape index (κ3) is 8.61. The lowest BCUT2D eigenvalue weighted by Gasteiger charge is -2.44. The molecular weight excluding hydrogens is 612 g/mol. The predicted octanol–water partition coefficient (Wildman–Crippen LogP) is 6.68. The number of piperidine rings is 1. The van der Waals surface area contributed by atoms with Gasteiger partial charge in [-0.25, -0.2) is 0 Å². The van der Waals surface area contributed by atoms with Gasteiger partial charge in [0.2, 0.25) is 5.91 Å². The van der Waals surface area contributed by atoms with Crippen LogP contribution in [0.15, 0.2) is 48.5 Å². The molecule has 0 spiro atoms. The fourth-order valence-electron chi connectivity index (χ4n) is 7.01. The lowest BCUT2D eigenvalue weighted by atomic mass is 9.90. The highest BCUT2D eigenvalue weighted by atomic mass is 19.4. The minimum absolute atomic E-state index is 0.0490. The van der Waals surface area contributed by atoms with Crippen molar-refractivity contribution >= 4 is 11.8 Å². The fourth-order valence-corrected chi connectivity index (χ4v) is 7.01. The number of nitrogens with zero attached hydrogens (tertiary/aromatic N) is 3. The second-order valence-electron chi connectivity index (χ2n) is 12.7. The van der Waals surface area contributed by atoms with Crippen molar-refractivity contribution in [1.82, 2.24) is 14.7 Å². The lowest BCUT2D eigenvalue weighted by molar-refractivity contribution is -0.143. The molecule has 12 heteroatoms. The number of hydrogen-bond acceptors (Lipinski definition) is 4. The van der Waals surface area contributed by atoms with Crippen molar-refractivity contribution in [1.29, 1.82) is 0 Å². The zero-order valence-electron chi connectivity index (χ0n) is 25.8. The predicted molar refractivity (Wildman–Crippen MR) is 160 cm³/mol. The van der Waals surface area contributed by atoms with Gasteiger partial charge in [-0.3, -0.25) is 9.59 Å². The first-order chi connectivity index (χ1) is 21.9. The Morgan fingerprint density at radius 3 is 2.09 bits per heavy atom. The summed E-state index contributed by atoms with van der Waals surface area (Å²) in [6.45, 7) is 4.28. The molecule has 3 unspecified atom stereocenters. The first kappa shape index (κ1) is 34.2. The average Bonchev–Trinajstić information content (AvgIpc) is 3.57. The Morgan fingerprint density at radius 1 is 0.783 bits per heavy atom. The summed E-state index contributed by atoms with van der Waals surface area (Å²) in [6, 6.07) is 10.2. The first-order valence-corrected chi connectivity index (χ1v) is 16.1. The summed E-state index contributed by atoms with van der Waals surface area (Å²) in [5.41, 5.74) is -2.69. The molecular formula is C34H41F6N3O3. The van der Waals surface area contributed by atoms with Crippen molar-refractivity contribution in [3.63, 3.8) is 0 Å². The molecule has 0 saturated carbocycles. The topological polar surface area (TPSA) is 53.1 Å². The van der Waals surface area contributed by atoms with Gasteiger partial charge in [0.15, 0.2) is 0 Å². The van der Waals surface area contributed by atoms with Gasteiger partial charge in [-0.05, 0) is 75.3 Å². The van der Waals surface area contributed by atoms with Crippen LogP contribution in [-0.4, -0.2) is 84.5 Å². The summed E-state index contributed by atoms with van der Waals surface area (Å²) >= 11 is 0. The molecule has 0 radical (unpaired) electrons. The van der Waals surface area contributed by atoms with Gasteiger partial charge < -0.3 is 19.4 Å². The molecule has 2 aromatic rings. The maximum absolute atomic E-state index is 13.8. The van der Waals surface area contributed by atoms with Crippen molar-refractivity contribution in [3.8, 4) is 0 Å². The van der Waals surface area contributed by atoms with E-state index in [0.29, 0.717) is 51.2 Å². The number of halogens is 6. The first-order valence-electron chi connectivity index (χ1n) is 16.1. The average molecular weight is 654 g/mol. The SMILES string of the molecule is O=C(C1CCOC1)N1CCCCCN(C2CCN(C(=O)c3cc(C(F)(F)F)cc(C(F)(F)F)c3)C(Cc3ccccc3)C2)CCC1. The molecule has 3 aliphatic heterocycles. The Balaban J connectivity index is 1.34. The summed E-state index contributed by atoms with van der Waals surface area (Å²) in [7, 11) is 0. The maximum atomic E-state index is 13.8. The van der Waals surface area contributed by atoms with Gasteiger partial charge >= 0.3 is 12.4 Å². The number of carbonyl (C=O) groups excluding carboxylic acids is 2. The van der Waals surface area contributed by atoms with Crippen molar-refractivity contribution in [2.45, 2.75) is 75.8 Å². The standard InChI is InChI=1S/C34H41F6N3O3/c35-33(36,37)27-19-26(20-28(21-27)34(38,39)40)32(45)43-16-10-29(22-30(43)18-24-8-3-1-4-9-24)41-12-5-2-6-13-42(15-7-14-41)31(44)25-11-17-46-23-25/h1,3-4,8-9,19-21,25,29-30H,2,5-7,10-18,22-23H2. The van der Waals surface area contributed by atoms with Crippen molar-refractivity contribution in [2.75, 3.05) is 45.9 Å². The van der Waals surface area contributed by atoms with E-state index >= 15 is 0 Å². The highest BCUT2D eigenvalue weighted by Gasteiger charge is 2.40. The Morgan fingerprint density at radius 2 is 1.43 bits per heavy atom. The Labute approximate surface area is 265 Å². The van der Waals surface area contributed by atoms with Crippen LogP contribution in [0.5, 0.6) is 0 Å². The highest BCUT2D eigenvalue weighted by Crippen LogP contribution is 2.37. The molecule has 0 N–H and O–H groups in total. The summed E-state index contributed by atoms with van der Waals surface area (Å²) in [4.78, 5) is 32.7. The Hall–Kier alpha value is -3.12. The van der Waals surface area contributed by atoms with E-state index < -0.39 is 41.0 Å². The fraction of sp³-hybridized carbons (Fsp3) is 0.588. The van der Waals surface area contributed by atoms with E-state index in [-0.39, 0.29) is 30.5 Å². The minimum atomic E-state index is -5.04. The van der Waals surface area contributed by atoms with Gasteiger partial charge in [0.05, 0.1) is 23.7 Å². The van der Waals surface area contributed by atoms with Gasteiger partial charge in [0.25, 0.3) is 5.91 Å². The van der Waals surface area contributed by atoms with Crippen LogP contribution in [-0.2, 0) is 28.3 Å². The number of alkyl halides is 6. The van der Waals surface area contributed by atoms with Gasteiger partial charge in [0.1, 0.15) is 0 Å². The molecule has 0 bridgehead atoms. The molecule has 2 amide bonds. The number of carbonyl (C=O) groups is 2. The molecule has 0 aromatic heterocycles. The van der Waals surface area contributed by atoms with Crippen LogP contribution in [0.3, 0.4) is 0 Å². The maximum Gasteiger partial charge on any atom is 0.416 e. The van der Waals surface area contributed by atoms with E-state index in [1.54, 1.807) is 0 Å². The zero-order chi connectivity index (χ0) is 32.9. The smallest absolute Gasteiger partial charge is 0.381 e. The number of hydrogen-bond donors (Lipinski definition) is 0. The number of rotatable bonds is 5. The molecule has 6 nitrogen and oxygen atoms in total. The summed E-state index contributed by atoms with van der Waals surface area (Å²) in [6.07, 6.45) is -4.22. The van der Waals surface area contributed by atoms with Crippen molar-refractivity contribution in [2.24, 2.45) is 5.92 Å². The van der Waals surface area contributed by atoms with Crippen LogP contribution in [0.4, 0.5) is 26.3 Å². The summed E-state index contributed by atoms with van der Waals surface area (Å²) in [5, 5.41) is 0.